The molecule has 1 aliphatic heterocycles. The van der Waals surface area contributed by atoms with Crippen LogP contribution >= 0.6 is 11.3 Å². The Kier molecular flexibility index (Phi) is 6.68. The van der Waals surface area contributed by atoms with Gasteiger partial charge in [-0.05, 0) is 38.3 Å². The number of aromatic nitrogens is 2. The van der Waals surface area contributed by atoms with Gasteiger partial charge in [0.05, 0.1) is 10.9 Å². The standard InChI is InChI=1S/C24H25N5O6S2/c1-13-25-21-16(24(33)29(13)18-9-10-19(30)27-23(18)32)7-4-8-17(21)28-37(34,35)20-11-14(12-36-20)22(31)26-15-5-2-3-6-15/h4,7-8,11-12,15,18H,2-3,5-6,9-10H2,1H3,(H3-,26,27,28,30,31,32,34,35). The number of rotatable bonds is 6. The van der Waals surface area contributed by atoms with Gasteiger partial charge in [-0.15, -0.1) is 0 Å². The summed E-state index contributed by atoms with van der Waals surface area (Å²) in [6.45, 7) is 1.55. The topological polar surface area (TPSA) is 162 Å². The maximum Gasteiger partial charge on any atom is 0.262 e. The van der Waals surface area contributed by atoms with E-state index in [1.807, 2.05) is 0 Å². The van der Waals surface area contributed by atoms with Gasteiger partial charge >= 0.3 is 0 Å². The number of amides is 3. The number of hydrogen-bond donors (Lipinski definition) is 3. The van der Waals surface area contributed by atoms with E-state index in [2.05, 4.69) is 20.3 Å². The first kappa shape index (κ1) is 25.2. The van der Waals surface area contributed by atoms with Crippen molar-refractivity contribution in [3.63, 3.8) is 0 Å². The third-order valence-corrected chi connectivity index (χ3v) is 9.47. The van der Waals surface area contributed by atoms with Crippen LogP contribution in [0.5, 0.6) is 0 Å². The fraction of sp³-hybridized carbons (Fsp3) is 0.375. The van der Waals surface area contributed by atoms with Crippen molar-refractivity contribution >= 4 is 56.0 Å². The third-order valence-electron chi connectivity index (χ3n) is 6.67. The van der Waals surface area contributed by atoms with E-state index in [0.717, 1.165) is 37.0 Å². The van der Waals surface area contributed by atoms with E-state index >= 15 is 0 Å². The number of carbonyl (C=O) groups excluding carboxylic acids is 3. The van der Waals surface area contributed by atoms with Crippen molar-refractivity contribution < 1.29 is 23.1 Å². The number of anilines is 1. The van der Waals surface area contributed by atoms with Gasteiger partial charge in [-0.2, -0.15) is 0 Å². The van der Waals surface area contributed by atoms with Crippen molar-refractivity contribution in [2.45, 2.75) is 61.7 Å². The number of sulfonamides is 1. The number of aryl methyl sites for hydroxylation is 1. The Morgan fingerprint density at radius 1 is 1.22 bits per heavy atom. The molecule has 2 aliphatic rings. The van der Waals surface area contributed by atoms with Gasteiger partial charge in [-0.1, -0.05) is 34.5 Å². The highest BCUT2D eigenvalue weighted by atomic mass is 32.3. The maximum absolute atomic E-state index is 13.3. The molecular weight excluding hydrogens is 518 g/mol. The second-order valence-electron chi connectivity index (χ2n) is 9.22. The molecule has 1 aliphatic carbocycles. The minimum Gasteiger partial charge on any atom is -0.588 e. The Bertz CT molecular complexity index is 1520. The molecule has 37 heavy (non-hydrogen) atoms. The molecule has 1 saturated heterocycles. The summed E-state index contributed by atoms with van der Waals surface area (Å²) in [5.74, 6) is -1.07. The van der Waals surface area contributed by atoms with Crippen molar-refractivity contribution in [1.29, 1.82) is 0 Å². The fourth-order valence-electron chi connectivity index (χ4n) is 4.82. The van der Waals surface area contributed by atoms with Crippen LogP contribution in [0.2, 0.25) is 0 Å². The molecule has 1 aromatic carbocycles. The van der Waals surface area contributed by atoms with Crippen LogP contribution in [-0.4, -0.2) is 37.9 Å². The predicted octanol–water partition coefficient (Wildman–Crippen LogP) is 2.43. The van der Waals surface area contributed by atoms with Crippen LogP contribution < -0.4 is 20.9 Å². The van der Waals surface area contributed by atoms with Crippen LogP contribution in [-0.2, 0) is 24.2 Å². The molecule has 11 nitrogen and oxygen atoms in total. The molecule has 2 fully saturated rings. The average molecular weight is 544 g/mol. The lowest BCUT2D eigenvalue weighted by atomic mass is 10.1. The number of imide groups is 1. The van der Waals surface area contributed by atoms with Gasteiger partial charge in [0, 0.05) is 23.9 Å². The first-order valence-corrected chi connectivity index (χ1v) is 14.3. The molecule has 2 atom stereocenters. The second kappa shape index (κ2) is 9.80. The summed E-state index contributed by atoms with van der Waals surface area (Å²) in [7, 11) is -4.08. The lowest BCUT2D eigenvalue weighted by Gasteiger charge is -2.24. The summed E-state index contributed by atoms with van der Waals surface area (Å²) >= 11 is 0.926. The molecule has 3 amide bonds. The molecule has 13 heteroatoms. The molecule has 0 radical (unpaired) electrons. The smallest absolute Gasteiger partial charge is 0.262 e. The monoisotopic (exact) mass is 543 g/mol. The minimum atomic E-state index is -4.08. The van der Waals surface area contributed by atoms with E-state index in [1.54, 1.807) is 6.92 Å². The quantitative estimate of drug-likeness (QED) is 0.318. The molecule has 0 spiro atoms. The molecule has 2 unspecified atom stereocenters. The number of benzene rings is 1. The van der Waals surface area contributed by atoms with Crippen molar-refractivity contribution in [1.82, 2.24) is 20.2 Å². The molecule has 3 N–H and O–H groups in total. The molecule has 0 bridgehead atoms. The van der Waals surface area contributed by atoms with Crippen molar-refractivity contribution in [2.75, 3.05) is 4.72 Å². The number of fused-ring (bicyclic) bond motifs is 1. The number of para-hydroxylation sites is 1. The maximum atomic E-state index is 13.3. The minimum absolute atomic E-state index is 0.0466. The zero-order valence-electron chi connectivity index (χ0n) is 19.9. The lowest BCUT2D eigenvalue weighted by molar-refractivity contribution is -0.135. The Morgan fingerprint density at radius 3 is 2.70 bits per heavy atom. The van der Waals surface area contributed by atoms with Crippen LogP contribution in [0.3, 0.4) is 0 Å². The van der Waals surface area contributed by atoms with E-state index in [1.165, 1.54) is 34.2 Å². The Labute approximate surface area is 217 Å². The van der Waals surface area contributed by atoms with E-state index < -0.39 is 33.8 Å². The van der Waals surface area contributed by atoms with Crippen molar-refractivity contribution in [2.24, 2.45) is 0 Å². The number of nitrogens with zero attached hydrogens (tertiary/aromatic N) is 2. The first-order valence-electron chi connectivity index (χ1n) is 11.9. The largest absolute Gasteiger partial charge is 0.588 e. The van der Waals surface area contributed by atoms with Crippen LogP contribution in [0.25, 0.3) is 10.9 Å². The molecule has 1 saturated carbocycles. The lowest BCUT2D eigenvalue weighted by Crippen LogP contribution is -2.45. The molecular formula is C24H25N5O6S2. The summed E-state index contributed by atoms with van der Waals surface area (Å²) in [5, 5.41) is 6.81. The summed E-state index contributed by atoms with van der Waals surface area (Å²) in [6.07, 6.45) is 4.23. The summed E-state index contributed by atoms with van der Waals surface area (Å²) in [5.41, 5.74) is -0.0114. The van der Waals surface area contributed by atoms with Crippen molar-refractivity contribution in [3.05, 3.63) is 51.4 Å². The predicted molar refractivity (Wildman–Crippen MR) is 137 cm³/mol. The molecule has 3 heterocycles. The van der Waals surface area contributed by atoms with Gasteiger partial charge in [-0.25, -0.2) is 9.71 Å². The number of nitrogens with one attached hydrogen (secondary N) is 3. The van der Waals surface area contributed by atoms with Crippen LogP contribution in [0.1, 0.15) is 60.7 Å². The van der Waals surface area contributed by atoms with Gasteiger partial charge in [0.1, 0.15) is 23.1 Å². The molecule has 194 valence electrons. The zero-order valence-corrected chi connectivity index (χ0v) is 21.6. The van der Waals surface area contributed by atoms with Crippen LogP contribution in [0.4, 0.5) is 5.69 Å². The summed E-state index contributed by atoms with van der Waals surface area (Å²) in [6, 6.07) is 5.06. The van der Waals surface area contributed by atoms with E-state index in [4.69, 9.17) is 0 Å². The highest BCUT2D eigenvalue weighted by molar-refractivity contribution is 8.00. The first-order chi connectivity index (χ1) is 17.6. The van der Waals surface area contributed by atoms with E-state index in [9.17, 15) is 27.9 Å². The fourth-order valence-corrected chi connectivity index (χ4v) is 7.04. The van der Waals surface area contributed by atoms with Crippen LogP contribution in [0.15, 0.2) is 38.6 Å². The molecule has 3 aromatic rings. The summed E-state index contributed by atoms with van der Waals surface area (Å²) < 4.78 is 30.0. The van der Waals surface area contributed by atoms with Gasteiger partial charge in [0.2, 0.25) is 16.0 Å². The second-order valence-corrected chi connectivity index (χ2v) is 12.0. The van der Waals surface area contributed by atoms with Crippen LogP contribution in [0, 0.1) is 6.92 Å². The van der Waals surface area contributed by atoms with E-state index in [-0.39, 0.29) is 57.0 Å². The Morgan fingerprint density at radius 2 is 1.97 bits per heavy atom. The highest BCUT2D eigenvalue weighted by Gasteiger charge is 2.31. The molecule has 2 aromatic heterocycles. The van der Waals surface area contributed by atoms with Crippen molar-refractivity contribution in [3.8, 4) is 0 Å². The third kappa shape index (κ3) is 4.93. The number of carbonyl (C=O) groups is 3. The summed E-state index contributed by atoms with van der Waals surface area (Å²) in [4.78, 5) is 54.2. The normalized spacial score (nSPS) is 20.0. The molecule has 5 rings (SSSR count). The number of thiophene rings is 1. The Hall–Kier alpha value is -3.42. The van der Waals surface area contributed by atoms with Gasteiger partial charge in [-0.3, -0.25) is 29.1 Å². The SMILES string of the molecule is Cc1nc2c(N[S+](=O)([O-])c3cc(C(=O)NC4CCCC4)cs3)cccc2c(=O)n1C1CCC(=O)NC1=O. The van der Waals surface area contributed by atoms with Gasteiger partial charge in [0.25, 0.3) is 11.5 Å². The number of piperidine rings is 1. The van der Waals surface area contributed by atoms with E-state index in [0.29, 0.717) is 0 Å². The average Bonchev–Trinajstić information content (AvgIpc) is 3.54. The zero-order chi connectivity index (χ0) is 26.3. The highest BCUT2D eigenvalue weighted by Crippen LogP contribution is 2.30. The van der Waals surface area contributed by atoms with Gasteiger partial charge in [0.15, 0.2) is 10.4 Å². The number of hydrogen-bond acceptors (Lipinski definition) is 8. The Balaban J connectivity index is 1.43. The van der Waals surface area contributed by atoms with Gasteiger partial charge < -0.3 is 9.87 Å².